The summed E-state index contributed by atoms with van der Waals surface area (Å²) in [4.78, 5) is 12.7. The van der Waals surface area contributed by atoms with Crippen molar-refractivity contribution in [2.24, 2.45) is 0 Å². The fraction of sp³-hybridized carbons (Fsp3) is 0.333. The minimum absolute atomic E-state index is 0.0577. The van der Waals surface area contributed by atoms with Crippen LogP contribution in [0.3, 0.4) is 0 Å². The average Bonchev–Trinajstić information content (AvgIpc) is 3.11. The number of methoxy groups -OCH3 is 1. The van der Waals surface area contributed by atoms with Crippen LogP contribution in [0.4, 0.5) is 5.69 Å². The summed E-state index contributed by atoms with van der Waals surface area (Å²) in [5.74, 6) is 0.461. The van der Waals surface area contributed by atoms with Gasteiger partial charge in [-0.05, 0) is 25.0 Å². The highest BCUT2D eigenvalue weighted by Gasteiger charge is 2.22. The molecule has 104 valence electrons. The number of ether oxygens (including phenoxy) is 1. The van der Waals surface area contributed by atoms with Gasteiger partial charge in [0.15, 0.2) is 11.4 Å². The number of nitrogens with zero attached hydrogens (tertiary/aromatic N) is 2. The lowest BCUT2D eigenvalue weighted by Crippen LogP contribution is -2.12. The van der Waals surface area contributed by atoms with Crippen LogP contribution in [0.2, 0.25) is 0 Å². The second-order valence-electron chi connectivity index (χ2n) is 4.76. The maximum Gasteiger partial charge on any atom is 0.214 e. The van der Waals surface area contributed by atoms with Gasteiger partial charge in [-0.3, -0.25) is 9.48 Å². The van der Waals surface area contributed by atoms with E-state index >= 15 is 0 Å². The van der Waals surface area contributed by atoms with Crippen LogP contribution in [0, 0.1) is 0 Å². The van der Waals surface area contributed by atoms with Gasteiger partial charge >= 0.3 is 0 Å². The summed E-state index contributed by atoms with van der Waals surface area (Å²) in [6.07, 6.45) is 2.60. The van der Waals surface area contributed by atoms with Crippen molar-refractivity contribution >= 4 is 11.5 Å². The van der Waals surface area contributed by atoms with Crippen LogP contribution in [-0.2, 0) is 13.0 Å². The Bertz CT molecular complexity index is 640. The number of rotatable bonds is 4. The first-order valence-electron chi connectivity index (χ1n) is 6.76. The quantitative estimate of drug-likeness (QED) is 0.865. The number of carbonyl (C=O) groups excluding carboxylic acids is 1. The molecular weight excluding hydrogens is 254 g/mol. The predicted molar refractivity (Wildman–Crippen MR) is 76.5 cm³/mol. The molecule has 0 amide bonds. The highest BCUT2D eigenvalue weighted by molar-refractivity contribution is 6.10. The molecule has 1 aliphatic heterocycles. The molecule has 0 unspecified atom stereocenters. The zero-order chi connectivity index (χ0) is 14.1. The molecule has 1 aromatic carbocycles. The zero-order valence-electron chi connectivity index (χ0n) is 11.6. The maximum atomic E-state index is 12.7. The van der Waals surface area contributed by atoms with Crippen LogP contribution in [0.15, 0.2) is 24.4 Å². The summed E-state index contributed by atoms with van der Waals surface area (Å²) in [7, 11) is 1.55. The van der Waals surface area contributed by atoms with Gasteiger partial charge in [0.2, 0.25) is 5.78 Å². The van der Waals surface area contributed by atoms with E-state index in [0.29, 0.717) is 23.6 Å². The number of nitrogens with one attached hydrogen (secondary N) is 1. The van der Waals surface area contributed by atoms with Crippen molar-refractivity contribution in [3.63, 3.8) is 0 Å². The van der Waals surface area contributed by atoms with Crippen LogP contribution >= 0.6 is 0 Å². The molecule has 0 bridgehead atoms. The number of hydrogen-bond donors (Lipinski definition) is 1. The number of aromatic nitrogens is 2. The summed E-state index contributed by atoms with van der Waals surface area (Å²) in [5, 5.41) is 7.47. The Balaban J connectivity index is 2.02. The van der Waals surface area contributed by atoms with Crippen molar-refractivity contribution in [3.8, 4) is 5.75 Å². The number of ketones is 1. The van der Waals surface area contributed by atoms with E-state index in [-0.39, 0.29) is 5.78 Å². The number of hydrogen-bond acceptors (Lipinski definition) is 4. The summed E-state index contributed by atoms with van der Waals surface area (Å²) in [6.45, 7) is 3.52. The zero-order valence-corrected chi connectivity index (χ0v) is 11.6. The van der Waals surface area contributed by atoms with Gasteiger partial charge in [0.25, 0.3) is 0 Å². The second kappa shape index (κ2) is 5.00. The second-order valence-corrected chi connectivity index (χ2v) is 4.76. The monoisotopic (exact) mass is 271 g/mol. The molecule has 2 aromatic rings. The van der Waals surface area contributed by atoms with Crippen LogP contribution in [0.1, 0.15) is 28.5 Å². The first-order valence-corrected chi connectivity index (χ1v) is 6.76. The molecule has 0 saturated carbocycles. The minimum atomic E-state index is -0.0577. The Morgan fingerprint density at radius 3 is 3.10 bits per heavy atom. The van der Waals surface area contributed by atoms with E-state index in [4.69, 9.17) is 4.74 Å². The van der Waals surface area contributed by atoms with Gasteiger partial charge in [-0.2, -0.15) is 5.10 Å². The van der Waals surface area contributed by atoms with E-state index < -0.39 is 0 Å². The van der Waals surface area contributed by atoms with Crippen molar-refractivity contribution in [3.05, 3.63) is 41.2 Å². The first kappa shape index (κ1) is 12.7. The lowest BCUT2D eigenvalue weighted by molar-refractivity contribution is 0.102. The van der Waals surface area contributed by atoms with E-state index in [0.717, 1.165) is 18.7 Å². The molecule has 1 aromatic heterocycles. The average molecular weight is 271 g/mol. The third-order valence-corrected chi connectivity index (χ3v) is 3.62. The van der Waals surface area contributed by atoms with Crippen molar-refractivity contribution < 1.29 is 9.53 Å². The molecule has 5 heteroatoms. The molecule has 1 N–H and O–H groups in total. The molecule has 20 heavy (non-hydrogen) atoms. The topological polar surface area (TPSA) is 56.2 Å². The van der Waals surface area contributed by atoms with Crippen LogP contribution in [0.25, 0.3) is 0 Å². The summed E-state index contributed by atoms with van der Waals surface area (Å²) >= 11 is 0. The third kappa shape index (κ3) is 1.95. The SMILES string of the molecule is CCn1ncc(OC)c1C(=O)c1ccc2c(c1)NCC2. The van der Waals surface area contributed by atoms with Crippen molar-refractivity contribution in [2.45, 2.75) is 19.9 Å². The van der Waals surface area contributed by atoms with Gasteiger partial charge in [-0.15, -0.1) is 0 Å². The minimum Gasteiger partial charge on any atom is -0.493 e. The molecule has 5 nitrogen and oxygen atoms in total. The van der Waals surface area contributed by atoms with Crippen LogP contribution in [-0.4, -0.2) is 29.2 Å². The molecule has 0 atom stereocenters. The van der Waals surface area contributed by atoms with Gasteiger partial charge < -0.3 is 10.1 Å². The Kier molecular flexibility index (Phi) is 3.18. The van der Waals surface area contributed by atoms with E-state index in [1.165, 1.54) is 5.56 Å². The fourth-order valence-corrected chi connectivity index (χ4v) is 2.56. The van der Waals surface area contributed by atoms with Gasteiger partial charge in [0.1, 0.15) is 0 Å². The number of carbonyl (C=O) groups is 1. The third-order valence-electron chi connectivity index (χ3n) is 3.62. The lowest BCUT2D eigenvalue weighted by atomic mass is 10.0. The van der Waals surface area contributed by atoms with Crippen molar-refractivity contribution in [2.75, 3.05) is 19.0 Å². The molecule has 0 fully saturated rings. The molecule has 0 aliphatic carbocycles. The molecule has 0 saturated heterocycles. The van der Waals surface area contributed by atoms with E-state index in [1.807, 2.05) is 25.1 Å². The first-order chi connectivity index (χ1) is 9.74. The molecule has 2 heterocycles. The summed E-state index contributed by atoms with van der Waals surface area (Å²) in [6, 6.07) is 5.80. The van der Waals surface area contributed by atoms with Crippen molar-refractivity contribution in [1.82, 2.24) is 9.78 Å². The molecular formula is C15H17N3O2. The van der Waals surface area contributed by atoms with E-state index in [9.17, 15) is 4.79 Å². The van der Waals surface area contributed by atoms with Gasteiger partial charge in [0, 0.05) is 24.3 Å². The van der Waals surface area contributed by atoms with E-state index in [2.05, 4.69) is 10.4 Å². The predicted octanol–water partition coefficient (Wildman–Crippen LogP) is 2.11. The Labute approximate surface area is 117 Å². The van der Waals surface area contributed by atoms with Crippen LogP contribution < -0.4 is 10.1 Å². The largest absolute Gasteiger partial charge is 0.493 e. The molecule has 0 spiro atoms. The number of benzene rings is 1. The smallest absolute Gasteiger partial charge is 0.214 e. The number of aryl methyl sites for hydroxylation is 1. The van der Waals surface area contributed by atoms with Gasteiger partial charge in [-0.25, -0.2) is 0 Å². The number of fused-ring (bicyclic) bond motifs is 1. The highest BCUT2D eigenvalue weighted by atomic mass is 16.5. The molecule has 3 rings (SSSR count). The highest BCUT2D eigenvalue weighted by Crippen LogP contribution is 2.27. The van der Waals surface area contributed by atoms with Crippen LogP contribution in [0.5, 0.6) is 5.75 Å². The Morgan fingerprint density at radius 2 is 2.35 bits per heavy atom. The summed E-state index contributed by atoms with van der Waals surface area (Å²) in [5.41, 5.74) is 3.48. The van der Waals surface area contributed by atoms with Crippen molar-refractivity contribution in [1.29, 1.82) is 0 Å². The lowest BCUT2D eigenvalue weighted by Gasteiger charge is -2.08. The fourth-order valence-electron chi connectivity index (χ4n) is 2.56. The van der Waals surface area contributed by atoms with Gasteiger partial charge in [0.05, 0.1) is 13.3 Å². The Morgan fingerprint density at radius 1 is 1.50 bits per heavy atom. The van der Waals surface area contributed by atoms with Gasteiger partial charge in [-0.1, -0.05) is 12.1 Å². The standard InChI is InChI=1S/C15H17N3O2/c1-3-18-14(13(20-2)9-17-18)15(19)11-5-4-10-6-7-16-12(10)8-11/h4-5,8-9,16H,3,6-7H2,1-2H3. The van der Waals surface area contributed by atoms with E-state index in [1.54, 1.807) is 18.0 Å². The normalized spacial score (nSPS) is 12.9. The maximum absolute atomic E-state index is 12.7. The molecule has 0 radical (unpaired) electrons. The summed E-state index contributed by atoms with van der Waals surface area (Å²) < 4.78 is 6.91. The Hall–Kier alpha value is -2.30. The number of anilines is 1. The molecule has 1 aliphatic rings.